The van der Waals surface area contributed by atoms with Crippen molar-refractivity contribution < 1.29 is 9.47 Å². The highest BCUT2D eigenvalue weighted by atomic mass is 127. The monoisotopic (exact) mass is 479 g/mol. The van der Waals surface area contributed by atoms with E-state index in [0.717, 1.165) is 38.7 Å². The predicted octanol–water partition coefficient (Wildman–Crippen LogP) is 3.71. The number of hydrogen-bond acceptors (Lipinski definition) is 3. The molecule has 0 bridgehead atoms. The molecule has 3 unspecified atom stereocenters. The molecule has 152 valence electrons. The van der Waals surface area contributed by atoms with Gasteiger partial charge in [0, 0.05) is 30.5 Å². The van der Waals surface area contributed by atoms with Crippen LogP contribution >= 0.6 is 24.0 Å². The SMILES string of the molecule is CCNC(=NCCOC1CCCCCC1)NC1C2CCOC2C1(C)C.I. The molecule has 26 heavy (non-hydrogen) atoms. The van der Waals surface area contributed by atoms with Crippen molar-refractivity contribution in [3.63, 3.8) is 0 Å². The fraction of sp³-hybridized carbons (Fsp3) is 0.950. The first-order chi connectivity index (χ1) is 12.1. The molecule has 2 aliphatic carbocycles. The van der Waals surface area contributed by atoms with Gasteiger partial charge in [-0.3, -0.25) is 4.99 Å². The molecule has 3 atom stereocenters. The van der Waals surface area contributed by atoms with Crippen LogP contribution in [-0.2, 0) is 9.47 Å². The summed E-state index contributed by atoms with van der Waals surface area (Å²) >= 11 is 0. The Morgan fingerprint density at radius 3 is 2.58 bits per heavy atom. The Kier molecular flexibility index (Phi) is 8.94. The first-order valence-corrected chi connectivity index (χ1v) is 10.4. The molecule has 5 nitrogen and oxygen atoms in total. The van der Waals surface area contributed by atoms with E-state index in [1.165, 1.54) is 38.5 Å². The molecule has 0 aromatic rings. The summed E-state index contributed by atoms with van der Waals surface area (Å²) in [6, 6.07) is 0.445. The zero-order valence-electron chi connectivity index (χ0n) is 16.8. The lowest BCUT2D eigenvalue weighted by Gasteiger charge is -2.54. The maximum absolute atomic E-state index is 6.06. The Hall–Kier alpha value is -0.0800. The molecule has 0 aromatic carbocycles. The van der Waals surface area contributed by atoms with Crippen LogP contribution in [0.1, 0.15) is 65.7 Å². The molecule has 0 amide bonds. The van der Waals surface area contributed by atoms with Gasteiger partial charge in [0.2, 0.25) is 0 Å². The summed E-state index contributed by atoms with van der Waals surface area (Å²) in [6.07, 6.45) is 9.85. The lowest BCUT2D eigenvalue weighted by atomic mass is 9.57. The number of fused-ring (bicyclic) bond motifs is 1. The van der Waals surface area contributed by atoms with Crippen LogP contribution in [0.15, 0.2) is 4.99 Å². The molecule has 0 spiro atoms. The molecular weight excluding hydrogens is 441 g/mol. The summed E-state index contributed by atoms with van der Waals surface area (Å²) in [6.45, 7) is 9.96. The van der Waals surface area contributed by atoms with Gasteiger partial charge in [0.15, 0.2) is 5.96 Å². The van der Waals surface area contributed by atoms with E-state index in [9.17, 15) is 0 Å². The van der Waals surface area contributed by atoms with Crippen LogP contribution in [0, 0.1) is 11.3 Å². The van der Waals surface area contributed by atoms with Gasteiger partial charge in [0.05, 0.1) is 25.4 Å². The second-order valence-corrected chi connectivity index (χ2v) is 8.43. The van der Waals surface area contributed by atoms with Crippen molar-refractivity contribution in [1.82, 2.24) is 10.6 Å². The minimum Gasteiger partial charge on any atom is -0.377 e. The number of rotatable bonds is 6. The van der Waals surface area contributed by atoms with Crippen LogP contribution in [0.2, 0.25) is 0 Å². The van der Waals surface area contributed by atoms with Crippen molar-refractivity contribution >= 4 is 29.9 Å². The molecule has 0 aromatic heterocycles. The van der Waals surface area contributed by atoms with Crippen LogP contribution in [0.4, 0.5) is 0 Å². The van der Waals surface area contributed by atoms with Crippen LogP contribution in [0.3, 0.4) is 0 Å². The molecule has 2 N–H and O–H groups in total. The second kappa shape index (κ2) is 10.5. The fourth-order valence-corrected chi connectivity index (χ4v) is 4.87. The highest BCUT2D eigenvalue weighted by molar-refractivity contribution is 14.0. The standard InChI is InChI=1S/C20H37N3O2.HI/c1-4-21-19(22-12-14-24-15-9-7-5-6-8-10-15)23-17-16-11-13-25-18(16)20(17,2)3;/h15-18H,4-14H2,1-3H3,(H2,21,22,23);1H. The third-order valence-corrected chi connectivity index (χ3v) is 6.25. The Labute approximate surface area is 176 Å². The first-order valence-electron chi connectivity index (χ1n) is 10.4. The maximum Gasteiger partial charge on any atom is 0.191 e. The normalized spacial score (nSPS) is 31.3. The van der Waals surface area contributed by atoms with Gasteiger partial charge in [-0.2, -0.15) is 0 Å². The van der Waals surface area contributed by atoms with E-state index in [1.54, 1.807) is 0 Å². The van der Waals surface area contributed by atoms with Crippen molar-refractivity contribution in [3.8, 4) is 0 Å². The average molecular weight is 479 g/mol. The average Bonchev–Trinajstić information content (AvgIpc) is 2.90. The Balaban J connectivity index is 0.00000243. The van der Waals surface area contributed by atoms with E-state index in [1.807, 2.05) is 0 Å². The van der Waals surface area contributed by atoms with E-state index in [2.05, 4.69) is 31.4 Å². The number of hydrogen-bond donors (Lipinski definition) is 2. The molecule has 1 saturated heterocycles. The highest BCUT2D eigenvalue weighted by Gasteiger charge is 2.59. The highest BCUT2D eigenvalue weighted by Crippen LogP contribution is 2.52. The van der Waals surface area contributed by atoms with Gasteiger partial charge in [0.1, 0.15) is 0 Å². The van der Waals surface area contributed by atoms with Gasteiger partial charge < -0.3 is 20.1 Å². The number of aliphatic imine (C=N–C) groups is 1. The second-order valence-electron chi connectivity index (χ2n) is 8.43. The van der Waals surface area contributed by atoms with Gasteiger partial charge >= 0.3 is 0 Å². The zero-order valence-corrected chi connectivity index (χ0v) is 19.1. The van der Waals surface area contributed by atoms with E-state index in [4.69, 9.17) is 14.5 Å². The summed E-state index contributed by atoms with van der Waals surface area (Å²) < 4.78 is 12.0. The zero-order chi connectivity index (χ0) is 17.7. The molecule has 2 saturated carbocycles. The first kappa shape index (κ1) is 22.2. The molecule has 3 rings (SSSR count). The number of guanidine groups is 1. The third-order valence-electron chi connectivity index (χ3n) is 6.25. The van der Waals surface area contributed by atoms with Crippen molar-refractivity contribution in [3.05, 3.63) is 0 Å². The van der Waals surface area contributed by atoms with Gasteiger partial charge in [-0.05, 0) is 26.2 Å². The van der Waals surface area contributed by atoms with Crippen LogP contribution in [0.5, 0.6) is 0 Å². The maximum atomic E-state index is 6.06. The summed E-state index contributed by atoms with van der Waals surface area (Å²) in [5, 5.41) is 7.06. The summed E-state index contributed by atoms with van der Waals surface area (Å²) in [7, 11) is 0. The minimum atomic E-state index is 0. The molecule has 3 aliphatic rings. The summed E-state index contributed by atoms with van der Waals surface area (Å²) in [5.74, 6) is 1.55. The smallest absolute Gasteiger partial charge is 0.191 e. The molecule has 6 heteroatoms. The summed E-state index contributed by atoms with van der Waals surface area (Å²) in [4.78, 5) is 4.75. The number of nitrogens with zero attached hydrogens (tertiary/aromatic N) is 1. The lowest BCUT2D eigenvalue weighted by Crippen LogP contribution is -2.68. The fourth-order valence-electron chi connectivity index (χ4n) is 4.87. The largest absolute Gasteiger partial charge is 0.377 e. The third kappa shape index (κ3) is 5.25. The van der Waals surface area contributed by atoms with Crippen LogP contribution in [0.25, 0.3) is 0 Å². The molecule has 3 fully saturated rings. The summed E-state index contributed by atoms with van der Waals surface area (Å²) in [5.41, 5.74) is 0.175. The number of ether oxygens (including phenoxy) is 2. The minimum absolute atomic E-state index is 0. The van der Waals surface area contributed by atoms with E-state index in [-0.39, 0.29) is 29.4 Å². The van der Waals surface area contributed by atoms with Crippen molar-refractivity contribution in [1.29, 1.82) is 0 Å². The number of halogens is 1. The van der Waals surface area contributed by atoms with Gasteiger partial charge in [-0.1, -0.05) is 39.5 Å². The van der Waals surface area contributed by atoms with Crippen LogP contribution in [-0.4, -0.2) is 50.5 Å². The van der Waals surface area contributed by atoms with Gasteiger partial charge in [-0.25, -0.2) is 0 Å². The Morgan fingerprint density at radius 1 is 1.15 bits per heavy atom. The van der Waals surface area contributed by atoms with E-state index < -0.39 is 0 Å². The van der Waals surface area contributed by atoms with E-state index in [0.29, 0.717) is 24.2 Å². The molecule has 0 radical (unpaired) electrons. The van der Waals surface area contributed by atoms with E-state index >= 15 is 0 Å². The lowest BCUT2D eigenvalue weighted by molar-refractivity contribution is -0.106. The topological polar surface area (TPSA) is 54.9 Å². The van der Waals surface area contributed by atoms with Crippen molar-refractivity contribution in [2.75, 3.05) is 26.3 Å². The van der Waals surface area contributed by atoms with Crippen molar-refractivity contribution in [2.45, 2.75) is 84.0 Å². The Morgan fingerprint density at radius 2 is 1.88 bits per heavy atom. The van der Waals surface area contributed by atoms with Crippen molar-refractivity contribution in [2.24, 2.45) is 16.3 Å². The number of nitrogens with one attached hydrogen (secondary N) is 2. The van der Waals surface area contributed by atoms with Gasteiger partial charge in [0.25, 0.3) is 0 Å². The van der Waals surface area contributed by atoms with Gasteiger partial charge in [-0.15, -0.1) is 24.0 Å². The molecular formula is C20H38IN3O2. The molecule has 1 heterocycles. The molecule has 1 aliphatic heterocycles. The predicted molar refractivity (Wildman–Crippen MR) is 117 cm³/mol. The quantitative estimate of drug-likeness (QED) is 0.201. The Bertz CT molecular complexity index is 450. The van der Waals surface area contributed by atoms with Crippen LogP contribution < -0.4 is 10.6 Å².